The molecule has 8 nitrogen and oxygen atoms in total. The van der Waals surface area contributed by atoms with E-state index >= 15 is 0 Å². The maximum atomic E-state index is 12.6. The van der Waals surface area contributed by atoms with Crippen LogP contribution in [0.1, 0.15) is 10.4 Å². The van der Waals surface area contributed by atoms with Gasteiger partial charge in [-0.15, -0.1) is 0 Å². The Hall–Kier alpha value is -3.94. The van der Waals surface area contributed by atoms with Crippen LogP contribution in [0.2, 0.25) is 0 Å². The van der Waals surface area contributed by atoms with Crippen LogP contribution in [0.5, 0.6) is 11.5 Å². The molecule has 0 unspecified atom stereocenters. The summed E-state index contributed by atoms with van der Waals surface area (Å²) >= 11 is 0. The summed E-state index contributed by atoms with van der Waals surface area (Å²) in [4.78, 5) is 42.7. The lowest BCUT2D eigenvalue weighted by molar-refractivity contribution is 0.0973. The molecule has 0 spiro atoms. The fraction of sp³-hybridized carbons (Fsp3) is 0.100. The molecule has 1 N–H and O–H groups in total. The number of fused-ring (bicyclic) bond motifs is 1. The highest BCUT2D eigenvalue weighted by Gasteiger charge is 2.15. The number of benzene rings is 2. The predicted molar refractivity (Wildman–Crippen MR) is 103 cm³/mol. The molecule has 2 aromatic heterocycles. The second-order valence-corrected chi connectivity index (χ2v) is 6.23. The van der Waals surface area contributed by atoms with Gasteiger partial charge in [-0.1, -0.05) is 18.2 Å². The van der Waals surface area contributed by atoms with Gasteiger partial charge in [0.2, 0.25) is 0 Å². The van der Waals surface area contributed by atoms with Crippen molar-refractivity contribution < 1.29 is 9.53 Å². The first-order valence-electron chi connectivity index (χ1n) is 8.53. The number of hydrogen-bond acceptors (Lipinski definition) is 5. The second-order valence-electron chi connectivity index (χ2n) is 6.23. The minimum atomic E-state index is -0.574. The number of imidazole rings is 1. The summed E-state index contributed by atoms with van der Waals surface area (Å²) < 4.78 is 8.38. The lowest BCUT2D eigenvalue weighted by Gasteiger charge is -2.07. The summed E-state index contributed by atoms with van der Waals surface area (Å²) in [6.07, 6.45) is 1.38. The normalized spacial score (nSPS) is 10.9. The average molecular weight is 376 g/mol. The summed E-state index contributed by atoms with van der Waals surface area (Å²) in [7, 11) is 1.51. The van der Waals surface area contributed by atoms with Gasteiger partial charge in [0.05, 0.1) is 12.9 Å². The number of ether oxygens (including phenoxy) is 1. The molecule has 0 fully saturated rings. The maximum Gasteiger partial charge on any atom is 0.329 e. The Morgan fingerprint density at radius 1 is 1.04 bits per heavy atom. The van der Waals surface area contributed by atoms with Crippen molar-refractivity contribution in [3.05, 3.63) is 87.3 Å². The molecule has 28 heavy (non-hydrogen) atoms. The third-order valence-electron chi connectivity index (χ3n) is 4.35. The number of H-pyrrole nitrogens is 1. The molecule has 8 heteroatoms. The van der Waals surface area contributed by atoms with Crippen molar-refractivity contribution in [2.45, 2.75) is 6.54 Å². The van der Waals surface area contributed by atoms with Crippen molar-refractivity contribution in [1.29, 1.82) is 0 Å². The number of hydrogen-bond donors (Lipinski definition) is 1. The molecule has 0 saturated heterocycles. The van der Waals surface area contributed by atoms with Crippen molar-refractivity contribution in [3.8, 4) is 11.5 Å². The molecule has 140 valence electrons. The van der Waals surface area contributed by atoms with Crippen molar-refractivity contribution in [2.24, 2.45) is 7.05 Å². The Kier molecular flexibility index (Phi) is 4.36. The predicted octanol–water partition coefficient (Wildman–Crippen LogP) is 2.10. The van der Waals surface area contributed by atoms with Crippen LogP contribution in [0.3, 0.4) is 0 Å². The minimum Gasteiger partial charge on any atom is -0.457 e. The van der Waals surface area contributed by atoms with Crippen molar-refractivity contribution >= 4 is 16.9 Å². The van der Waals surface area contributed by atoms with Gasteiger partial charge in [0.1, 0.15) is 11.5 Å². The zero-order valence-electron chi connectivity index (χ0n) is 15.0. The third-order valence-corrected chi connectivity index (χ3v) is 4.35. The fourth-order valence-electron chi connectivity index (χ4n) is 2.88. The highest BCUT2D eigenvalue weighted by atomic mass is 16.5. The number of para-hydroxylation sites is 1. The Morgan fingerprint density at radius 3 is 2.43 bits per heavy atom. The monoisotopic (exact) mass is 376 g/mol. The Morgan fingerprint density at radius 2 is 1.71 bits per heavy atom. The standard InChI is InChI=1S/C20H16N4O4/c1-23-18-17(19(26)22-20(23)27)24(12-21-18)11-16(25)13-7-9-15(10-8-13)28-14-5-3-2-4-6-14/h2-10,12H,11H2,1H3,(H,22,26,27). The van der Waals surface area contributed by atoms with Crippen LogP contribution in [-0.4, -0.2) is 24.9 Å². The number of ketones is 1. The van der Waals surface area contributed by atoms with Gasteiger partial charge in [0.15, 0.2) is 16.9 Å². The van der Waals surface area contributed by atoms with Crippen molar-refractivity contribution in [3.63, 3.8) is 0 Å². The van der Waals surface area contributed by atoms with Gasteiger partial charge in [-0.25, -0.2) is 9.78 Å². The Bertz CT molecular complexity index is 1270. The number of Topliss-reactive ketones (excluding diaryl/α,β-unsaturated/α-hetero) is 1. The summed E-state index contributed by atoms with van der Waals surface area (Å²) in [5, 5.41) is 0. The van der Waals surface area contributed by atoms with Crippen LogP contribution in [-0.2, 0) is 13.6 Å². The van der Waals surface area contributed by atoms with Gasteiger partial charge in [0, 0.05) is 12.6 Å². The van der Waals surface area contributed by atoms with Crippen LogP contribution in [0.4, 0.5) is 0 Å². The van der Waals surface area contributed by atoms with Crippen LogP contribution in [0.25, 0.3) is 11.2 Å². The first-order valence-corrected chi connectivity index (χ1v) is 8.53. The Balaban J connectivity index is 1.56. The van der Waals surface area contributed by atoms with Crippen molar-refractivity contribution in [1.82, 2.24) is 19.1 Å². The molecule has 0 aliphatic heterocycles. The van der Waals surface area contributed by atoms with E-state index in [1.165, 1.54) is 22.5 Å². The molecule has 0 atom stereocenters. The molecular weight excluding hydrogens is 360 g/mol. The molecule has 4 rings (SSSR count). The Labute approximate surface area is 158 Å². The first-order chi connectivity index (χ1) is 13.5. The lowest BCUT2D eigenvalue weighted by Crippen LogP contribution is -2.29. The number of rotatable bonds is 5. The summed E-state index contributed by atoms with van der Waals surface area (Å²) in [5.41, 5.74) is -0.241. The summed E-state index contributed by atoms with van der Waals surface area (Å²) in [6.45, 7) is -0.0727. The van der Waals surface area contributed by atoms with E-state index in [1.54, 1.807) is 24.3 Å². The number of nitrogens with one attached hydrogen (secondary N) is 1. The molecular formula is C20H16N4O4. The number of aromatic amines is 1. The lowest BCUT2D eigenvalue weighted by atomic mass is 10.1. The van der Waals surface area contributed by atoms with Crippen LogP contribution in [0.15, 0.2) is 70.5 Å². The van der Waals surface area contributed by atoms with Crippen LogP contribution >= 0.6 is 0 Å². The van der Waals surface area contributed by atoms with Crippen LogP contribution in [0, 0.1) is 0 Å². The number of nitrogens with zero attached hydrogens (tertiary/aromatic N) is 3. The highest BCUT2D eigenvalue weighted by Crippen LogP contribution is 2.21. The third kappa shape index (κ3) is 3.23. The van der Waals surface area contributed by atoms with Crippen molar-refractivity contribution in [2.75, 3.05) is 0 Å². The van der Waals surface area contributed by atoms with E-state index in [4.69, 9.17) is 4.74 Å². The fourth-order valence-corrected chi connectivity index (χ4v) is 2.88. The molecule has 0 radical (unpaired) electrons. The van der Waals surface area contributed by atoms with E-state index in [9.17, 15) is 14.4 Å². The quantitative estimate of drug-likeness (QED) is 0.538. The summed E-state index contributed by atoms with van der Waals surface area (Å²) in [6, 6.07) is 16.1. The molecule has 0 bridgehead atoms. The minimum absolute atomic E-state index is 0.0727. The van der Waals surface area contributed by atoms with E-state index in [0.717, 1.165) is 0 Å². The number of aromatic nitrogens is 4. The molecule has 0 aliphatic carbocycles. The van der Waals surface area contributed by atoms with E-state index in [-0.39, 0.29) is 23.5 Å². The molecule has 0 saturated carbocycles. The van der Waals surface area contributed by atoms with E-state index in [0.29, 0.717) is 17.1 Å². The number of aryl methyl sites for hydroxylation is 1. The SMILES string of the molecule is Cn1c(=O)[nH]c(=O)c2c1ncn2CC(=O)c1ccc(Oc2ccccc2)cc1. The maximum absolute atomic E-state index is 12.6. The van der Waals surface area contributed by atoms with E-state index in [2.05, 4.69) is 9.97 Å². The zero-order valence-corrected chi connectivity index (χ0v) is 15.0. The van der Waals surface area contributed by atoms with Gasteiger partial charge in [-0.2, -0.15) is 0 Å². The number of carbonyl (C=O) groups is 1. The first kappa shape index (κ1) is 17.5. The molecule has 0 amide bonds. The van der Waals surface area contributed by atoms with E-state index in [1.807, 2.05) is 30.3 Å². The average Bonchev–Trinajstić information content (AvgIpc) is 3.12. The topological polar surface area (TPSA) is 99.0 Å². The molecule has 0 aliphatic rings. The van der Waals surface area contributed by atoms with Crippen LogP contribution < -0.4 is 16.0 Å². The largest absolute Gasteiger partial charge is 0.457 e. The summed E-state index contributed by atoms with van der Waals surface area (Å²) in [5.74, 6) is 1.12. The molecule has 2 aromatic carbocycles. The highest BCUT2D eigenvalue weighted by molar-refractivity contribution is 5.96. The van der Waals surface area contributed by atoms with Gasteiger partial charge >= 0.3 is 5.69 Å². The van der Waals surface area contributed by atoms with E-state index < -0.39 is 11.2 Å². The second kappa shape index (κ2) is 6.99. The molecule has 2 heterocycles. The van der Waals surface area contributed by atoms with Gasteiger partial charge in [-0.05, 0) is 36.4 Å². The van der Waals surface area contributed by atoms with Gasteiger partial charge in [-0.3, -0.25) is 19.1 Å². The zero-order chi connectivity index (χ0) is 19.7. The smallest absolute Gasteiger partial charge is 0.329 e. The van der Waals surface area contributed by atoms with Gasteiger partial charge in [0.25, 0.3) is 5.56 Å². The van der Waals surface area contributed by atoms with Gasteiger partial charge < -0.3 is 9.30 Å². The molecule has 4 aromatic rings. The number of carbonyl (C=O) groups excluding carboxylic acids is 1.